The first-order valence-corrected chi connectivity index (χ1v) is 5.79. The van der Waals surface area contributed by atoms with Crippen LogP contribution in [0.2, 0.25) is 0 Å². The number of methoxy groups -OCH3 is 1. The molecular formula is C11H13N3O3S. The van der Waals surface area contributed by atoms with Crippen molar-refractivity contribution in [2.45, 2.75) is 13.0 Å². The van der Waals surface area contributed by atoms with Crippen molar-refractivity contribution in [2.75, 3.05) is 7.11 Å². The van der Waals surface area contributed by atoms with Crippen LogP contribution in [0.25, 0.3) is 11.6 Å². The third-order valence-corrected chi connectivity index (χ3v) is 3.02. The minimum atomic E-state index is -0.290. The van der Waals surface area contributed by atoms with Gasteiger partial charge in [-0.25, -0.2) is 4.68 Å². The summed E-state index contributed by atoms with van der Waals surface area (Å²) in [6.07, 6.45) is 1.81. The van der Waals surface area contributed by atoms with Crippen LogP contribution in [0.5, 0.6) is 0 Å². The molecular weight excluding hydrogens is 254 g/mol. The third kappa shape index (κ3) is 2.35. The number of carbonyl (C=O) groups excluding carboxylic acids is 1. The van der Waals surface area contributed by atoms with E-state index >= 15 is 0 Å². The van der Waals surface area contributed by atoms with E-state index in [1.54, 1.807) is 21.6 Å². The van der Waals surface area contributed by atoms with E-state index in [-0.39, 0.29) is 12.4 Å². The lowest BCUT2D eigenvalue weighted by Gasteiger charge is -1.98. The van der Waals surface area contributed by atoms with E-state index in [1.807, 2.05) is 13.1 Å². The molecule has 2 aromatic heterocycles. The normalized spacial score (nSPS) is 10.6. The van der Waals surface area contributed by atoms with Crippen LogP contribution in [-0.2, 0) is 23.1 Å². The minimum absolute atomic E-state index is 0.236. The van der Waals surface area contributed by atoms with Gasteiger partial charge in [0, 0.05) is 7.05 Å². The Morgan fingerprint density at radius 1 is 1.61 bits per heavy atom. The van der Waals surface area contributed by atoms with E-state index in [0.29, 0.717) is 22.9 Å². The molecule has 0 unspecified atom stereocenters. The standard InChI is InChI=1S/C11H13N3O3S/c1-13-10(8-4-3-7-17-8)12-14(11(13)18)6-5-9(15)16-2/h3-4,7H,5-6H2,1-2H3. The zero-order chi connectivity index (χ0) is 13.1. The number of carbonyl (C=O) groups is 1. The molecule has 7 heteroatoms. The number of hydrogen-bond donors (Lipinski definition) is 0. The highest BCUT2D eigenvalue weighted by Crippen LogP contribution is 2.17. The Balaban J connectivity index is 2.26. The second-order valence-electron chi connectivity index (χ2n) is 3.69. The first-order valence-electron chi connectivity index (χ1n) is 5.38. The Hall–Kier alpha value is -1.89. The van der Waals surface area contributed by atoms with Crippen LogP contribution in [0.1, 0.15) is 6.42 Å². The molecule has 0 amide bonds. The summed E-state index contributed by atoms with van der Waals surface area (Å²) in [7, 11) is 3.16. The van der Waals surface area contributed by atoms with E-state index in [1.165, 1.54) is 7.11 Å². The van der Waals surface area contributed by atoms with Crippen molar-refractivity contribution in [2.24, 2.45) is 7.05 Å². The van der Waals surface area contributed by atoms with Crippen LogP contribution in [0.3, 0.4) is 0 Å². The van der Waals surface area contributed by atoms with Crippen LogP contribution in [0, 0.1) is 4.77 Å². The summed E-state index contributed by atoms with van der Waals surface area (Å²) in [5, 5.41) is 4.33. The van der Waals surface area contributed by atoms with Crippen molar-refractivity contribution >= 4 is 18.2 Å². The predicted molar refractivity (Wildman–Crippen MR) is 66.4 cm³/mol. The average molecular weight is 267 g/mol. The largest absolute Gasteiger partial charge is 0.469 e. The molecule has 0 aliphatic heterocycles. The van der Waals surface area contributed by atoms with Crippen molar-refractivity contribution in [1.82, 2.24) is 14.3 Å². The van der Waals surface area contributed by atoms with Gasteiger partial charge in [0.1, 0.15) is 0 Å². The summed E-state index contributed by atoms with van der Waals surface area (Å²) in [5.74, 6) is 0.984. The fourth-order valence-corrected chi connectivity index (χ4v) is 1.77. The fraction of sp³-hybridized carbons (Fsp3) is 0.364. The van der Waals surface area contributed by atoms with Gasteiger partial charge in [0.15, 0.2) is 16.4 Å². The van der Waals surface area contributed by atoms with Crippen LogP contribution in [-0.4, -0.2) is 27.4 Å². The molecule has 2 heterocycles. The van der Waals surface area contributed by atoms with Crippen LogP contribution in [0.15, 0.2) is 22.8 Å². The molecule has 2 rings (SSSR count). The second-order valence-corrected chi connectivity index (χ2v) is 4.06. The van der Waals surface area contributed by atoms with E-state index in [2.05, 4.69) is 9.84 Å². The molecule has 0 aliphatic rings. The number of nitrogens with zero attached hydrogens (tertiary/aromatic N) is 3. The first-order chi connectivity index (χ1) is 8.63. The van der Waals surface area contributed by atoms with Crippen molar-refractivity contribution in [3.05, 3.63) is 23.2 Å². The van der Waals surface area contributed by atoms with Gasteiger partial charge in [0.25, 0.3) is 0 Å². The minimum Gasteiger partial charge on any atom is -0.469 e. The lowest BCUT2D eigenvalue weighted by molar-refractivity contribution is -0.140. The van der Waals surface area contributed by atoms with Gasteiger partial charge in [0.05, 0.1) is 26.3 Å². The molecule has 0 saturated carbocycles. The Labute approximate surface area is 109 Å². The summed E-state index contributed by atoms with van der Waals surface area (Å²) < 4.78 is 13.7. The van der Waals surface area contributed by atoms with E-state index < -0.39 is 0 Å². The first kappa shape index (κ1) is 12.6. The van der Waals surface area contributed by atoms with E-state index in [9.17, 15) is 4.79 Å². The molecule has 18 heavy (non-hydrogen) atoms. The summed E-state index contributed by atoms with van der Waals surface area (Å²) in [5.41, 5.74) is 0. The number of esters is 1. The zero-order valence-electron chi connectivity index (χ0n) is 10.1. The highest BCUT2D eigenvalue weighted by Gasteiger charge is 2.12. The number of hydrogen-bond acceptors (Lipinski definition) is 5. The molecule has 0 aliphatic carbocycles. The molecule has 0 saturated heterocycles. The van der Waals surface area contributed by atoms with Gasteiger partial charge in [-0.2, -0.15) is 0 Å². The number of rotatable bonds is 4. The van der Waals surface area contributed by atoms with Crippen LogP contribution in [0.4, 0.5) is 0 Å². The van der Waals surface area contributed by atoms with Crippen molar-refractivity contribution < 1.29 is 13.9 Å². The number of furan rings is 1. The number of aromatic nitrogens is 3. The maximum Gasteiger partial charge on any atom is 0.307 e. The Morgan fingerprint density at radius 2 is 2.39 bits per heavy atom. The molecule has 0 radical (unpaired) electrons. The smallest absolute Gasteiger partial charge is 0.307 e. The highest BCUT2D eigenvalue weighted by molar-refractivity contribution is 7.71. The molecule has 0 aromatic carbocycles. The maximum atomic E-state index is 11.1. The summed E-state index contributed by atoms with van der Waals surface area (Å²) in [4.78, 5) is 11.1. The van der Waals surface area contributed by atoms with Gasteiger partial charge in [0.2, 0.25) is 0 Å². The average Bonchev–Trinajstić information content (AvgIpc) is 2.98. The third-order valence-electron chi connectivity index (χ3n) is 2.54. The van der Waals surface area contributed by atoms with Crippen LogP contribution >= 0.6 is 12.2 Å². The van der Waals surface area contributed by atoms with Gasteiger partial charge in [-0.3, -0.25) is 4.79 Å². The molecule has 96 valence electrons. The molecule has 0 bridgehead atoms. The van der Waals surface area contributed by atoms with Gasteiger partial charge in [-0.1, -0.05) is 0 Å². The van der Waals surface area contributed by atoms with Crippen molar-refractivity contribution in [1.29, 1.82) is 0 Å². The molecule has 2 aromatic rings. The topological polar surface area (TPSA) is 62.2 Å². The van der Waals surface area contributed by atoms with Crippen LogP contribution < -0.4 is 0 Å². The molecule has 0 fully saturated rings. The second kappa shape index (κ2) is 5.18. The molecule has 0 N–H and O–H groups in total. The number of aryl methyl sites for hydroxylation is 1. The highest BCUT2D eigenvalue weighted by atomic mass is 32.1. The predicted octanol–water partition coefficient (Wildman–Crippen LogP) is 1.77. The summed E-state index contributed by atoms with van der Waals surface area (Å²) in [6, 6.07) is 3.59. The Bertz CT molecular complexity index is 598. The quantitative estimate of drug-likeness (QED) is 0.624. The van der Waals surface area contributed by atoms with Crippen molar-refractivity contribution in [3.63, 3.8) is 0 Å². The Morgan fingerprint density at radius 3 is 3.00 bits per heavy atom. The lowest BCUT2D eigenvalue weighted by atomic mass is 10.4. The summed E-state index contributed by atoms with van der Waals surface area (Å²) >= 11 is 5.25. The van der Waals surface area contributed by atoms with E-state index in [0.717, 1.165) is 0 Å². The van der Waals surface area contributed by atoms with Crippen molar-refractivity contribution in [3.8, 4) is 11.6 Å². The van der Waals surface area contributed by atoms with Gasteiger partial charge >= 0.3 is 5.97 Å². The number of ether oxygens (including phenoxy) is 1. The Kier molecular flexibility index (Phi) is 3.61. The van der Waals surface area contributed by atoms with Gasteiger partial charge in [-0.05, 0) is 24.4 Å². The molecule has 0 atom stereocenters. The fourth-order valence-electron chi connectivity index (χ4n) is 1.55. The van der Waals surface area contributed by atoms with Gasteiger partial charge < -0.3 is 13.7 Å². The van der Waals surface area contributed by atoms with E-state index in [4.69, 9.17) is 16.6 Å². The SMILES string of the molecule is COC(=O)CCn1nc(-c2ccco2)n(C)c1=S. The lowest BCUT2D eigenvalue weighted by Crippen LogP contribution is -2.08. The summed E-state index contributed by atoms with van der Waals surface area (Å²) in [6.45, 7) is 0.389. The maximum absolute atomic E-state index is 11.1. The molecule has 0 spiro atoms. The van der Waals surface area contributed by atoms with Gasteiger partial charge in [-0.15, -0.1) is 5.10 Å². The molecule has 6 nitrogen and oxygen atoms in total. The monoisotopic (exact) mass is 267 g/mol. The zero-order valence-corrected chi connectivity index (χ0v) is 10.9.